The van der Waals surface area contributed by atoms with E-state index in [0.717, 1.165) is 0 Å². The smallest absolute Gasteiger partial charge is 0.522 e. The molecule has 1 aromatic carbocycles. The van der Waals surface area contributed by atoms with Crippen LogP contribution in [0.15, 0.2) is 12.1 Å². The number of ether oxygens (including phenoxy) is 1. The predicted octanol–water partition coefficient (Wildman–Crippen LogP) is -1.29. The summed E-state index contributed by atoms with van der Waals surface area (Å²) < 4.78 is 11.0. The molecule has 3 rings (SSSR count). The lowest BCUT2D eigenvalue weighted by molar-refractivity contribution is -0.142. The van der Waals surface area contributed by atoms with Crippen molar-refractivity contribution in [2.45, 2.75) is 24.9 Å². The fourth-order valence-electron chi connectivity index (χ4n) is 2.90. The Morgan fingerprint density at radius 1 is 1.44 bits per heavy atom. The van der Waals surface area contributed by atoms with E-state index in [1.54, 1.807) is 12.1 Å². The summed E-state index contributed by atoms with van der Waals surface area (Å²) in [4.78, 5) is 24.9. The van der Waals surface area contributed by atoms with Crippen molar-refractivity contribution in [2.24, 2.45) is 5.73 Å². The molecule has 2 aliphatic heterocycles. The number of amides is 1. The number of carboxylic acids is 1. The number of hydrogen-bond acceptors (Lipinski definition) is 7. The summed E-state index contributed by atoms with van der Waals surface area (Å²) in [6.45, 7) is 0.0762. The standard InChI is InChI=1S/C15H19BN2O7/c17-10(7-19)14(20)18-5-9(6-18)24-11-2-1-8-3-4-16(23)25-13(8)12(11)15(21)22/h1-2,9-10,19,23H,3-7,17H2,(H,21,22)/t10-/m1/s1. The van der Waals surface area contributed by atoms with Gasteiger partial charge in [0.05, 0.1) is 19.7 Å². The number of nitrogens with zero attached hydrogens (tertiary/aromatic N) is 1. The Bertz CT molecular complexity index is 693. The van der Waals surface area contributed by atoms with Crippen LogP contribution in [0.2, 0.25) is 6.32 Å². The zero-order valence-electron chi connectivity index (χ0n) is 13.4. The van der Waals surface area contributed by atoms with E-state index in [9.17, 15) is 19.7 Å². The average Bonchev–Trinajstić information content (AvgIpc) is 2.55. The van der Waals surface area contributed by atoms with E-state index in [0.29, 0.717) is 18.3 Å². The van der Waals surface area contributed by atoms with Crippen LogP contribution in [0.25, 0.3) is 0 Å². The normalized spacial score (nSPS) is 18.0. The maximum Gasteiger partial charge on any atom is 0.522 e. The Hall–Kier alpha value is -2.30. The molecule has 0 radical (unpaired) electrons. The number of aliphatic hydroxyl groups is 1. The third-order valence-electron chi connectivity index (χ3n) is 4.30. The molecule has 2 heterocycles. The van der Waals surface area contributed by atoms with Crippen LogP contribution in [-0.2, 0) is 11.2 Å². The highest BCUT2D eigenvalue weighted by atomic mass is 16.5. The number of aliphatic hydroxyl groups excluding tert-OH is 1. The first-order valence-corrected chi connectivity index (χ1v) is 7.96. The van der Waals surface area contributed by atoms with Gasteiger partial charge >= 0.3 is 13.1 Å². The number of nitrogens with two attached hydrogens (primary N) is 1. The Morgan fingerprint density at radius 3 is 2.80 bits per heavy atom. The molecule has 0 aliphatic carbocycles. The van der Waals surface area contributed by atoms with Gasteiger partial charge in [0.25, 0.3) is 0 Å². The van der Waals surface area contributed by atoms with Gasteiger partial charge in [0, 0.05) is 0 Å². The zero-order chi connectivity index (χ0) is 18.1. The van der Waals surface area contributed by atoms with Crippen molar-refractivity contribution >= 4 is 19.0 Å². The number of carboxylic acid groups (broad SMARTS) is 1. The lowest BCUT2D eigenvalue weighted by Crippen LogP contribution is -2.60. The summed E-state index contributed by atoms with van der Waals surface area (Å²) in [5.74, 6) is -1.34. The van der Waals surface area contributed by atoms with Crippen molar-refractivity contribution in [3.63, 3.8) is 0 Å². The fourth-order valence-corrected chi connectivity index (χ4v) is 2.90. The average molecular weight is 350 g/mol. The number of aromatic carboxylic acids is 1. The highest BCUT2D eigenvalue weighted by Crippen LogP contribution is 2.37. The highest BCUT2D eigenvalue weighted by molar-refractivity contribution is 6.44. The van der Waals surface area contributed by atoms with E-state index in [-0.39, 0.29) is 42.2 Å². The molecule has 1 aromatic rings. The van der Waals surface area contributed by atoms with Gasteiger partial charge in [-0.25, -0.2) is 4.79 Å². The first-order valence-electron chi connectivity index (χ1n) is 7.96. The summed E-state index contributed by atoms with van der Waals surface area (Å²) in [5.41, 5.74) is 6.05. The van der Waals surface area contributed by atoms with Crippen molar-refractivity contribution < 1.29 is 34.2 Å². The second-order valence-corrected chi connectivity index (χ2v) is 6.12. The molecule has 1 atom stereocenters. The van der Waals surface area contributed by atoms with Crippen LogP contribution in [0, 0.1) is 0 Å². The van der Waals surface area contributed by atoms with Gasteiger partial charge in [-0.15, -0.1) is 0 Å². The Labute approximate surface area is 144 Å². The number of hydrogen-bond donors (Lipinski definition) is 4. The van der Waals surface area contributed by atoms with Crippen molar-refractivity contribution in [1.82, 2.24) is 4.90 Å². The summed E-state index contributed by atoms with van der Waals surface area (Å²) in [6.07, 6.45) is 0.540. The number of rotatable bonds is 5. The van der Waals surface area contributed by atoms with Gasteiger partial charge in [-0.3, -0.25) is 4.79 Å². The van der Waals surface area contributed by atoms with Gasteiger partial charge in [-0.2, -0.15) is 0 Å². The minimum absolute atomic E-state index is 0.123. The quantitative estimate of drug-likeness (QED) is 0.481. The number of fused-ring (bicyclic) bond motifs is 1. The molecule has 2 aliphatic rings. The maximum atomic E-state index is 11.8. The topological polar surface area (TPSA) is 143 Å². The fraction of sp³-hybridized carbons (Fsp3) is 0.467. The molecule has 25 heavy (non-hydrogen) atoms. The van der Waals surface area contributed by atoms with E-state index < -0.39 is 25.7 Å². The third kappa shape index (κ3) is 3.41. The largest absolute Gasteiger partial charge is 0.535 e. The van der Waals surface area contributed by atoms with Crippen LogP contribution in [0.5, 0.6) is 11.5 Å². The summed E-state index contributed by atoms with van der Waals surface area (Å²) in [7, 11) is -1.04. The van der Waals surface area contributed by atoms with Gasteiger partial charge in [0.2, 0.25) is 5.91 Å². The van der Waals surface area contributed by atoms with Gasteiger partial charge in [-0.1, -0.05) is 6.07 Å². The molecule has 5 N–H and O–H groups in total. The van der Waals surface area contributed by atoms with E-state index in [1.807, 2.05) is 0 Å². The van der Waals surface area contributed by atoms with E-state index in [4.69, 9.17) is 20.2 Å². The molecule has 9 nitrogen and oxygen atoms in total. The minimum atomic E-state index is -1.21. The van der Waals surface area contributed by atoms with E-state index in [2.05, 4.69) is 0 Å². The summed E-state index contributed by atoms with van der Waals surface area (Å²) in [5, 5.41) is 28.0. The minimum Gasteiger partial charge on any atom is -0.535 e. The highest BCUT2D eigenvalue weighted by Gasteiger charge is 2.36. The van der Waals surface area contributed by atoms with Crippen LogP contribution in [0.1, 0.15) is 15.9 Å². The van der Waals surface area contributed by atoms with Crippen molar-refractivity contribution in [2.75, 3.05) is 19.7 Å². The molecule has 0 unspecified atom stereocenters. The van der Waals surface area contributed by atoms with Gasteiger partial charge in [0.1, 0.15) is 29.2 Å². The molecule has 1 amide bonds. The number of carbonyl (C=O) groups excluding carboxylic acids is 1. The van der Waals surface area contributed by atoms with Gasteiger partial charge < -0.3 is 35.3 Å². The van der Waals surface area contributed by atoms with Gasteiger partial charge in [-0.05, 0) is 24.4 Å². The predicted molar refractivity (Wildman–Crippen MR) is 86.6 cm³/mol. The molecule has 1 fully saturated rings. The molecule has 0 spiro atoms. The molecule has 0 saturated carbocycles. The summed E-state index contributed by atoms with van der Waals surface area (Å²) >= 11 is 0. The first kappa shape index (κ1) is 17.5. The van der Waals surface area contributed by atoms with E-state index >= 15 is 0 Å². The molecule has 1 saturated heterocycles. The second kappa shape index (κ2) is 6.91. The first-order chi connectivity index (χ1) is 11.9. The van der Waals surface area contributed by atoms with Crippen LogP contribution in [0.3, 0.4) is 0 Å². The Balaban J connectivity index is 1.73. The second-order valence-electron chi connectivity index (χ2n) is 6.12. The molecule has 10 heteroatoms. The van der Waals surface area contributed by atoms with Crippen LogP contribution < -0.4 is 15.1 Å². The van der Waals surface area contributed by atoms with Crippen LogP contribution >= 0.6 is 0 Å². The van der Waals surface area contributed by atoms with Crippen molar-refractivity contribution in [3.8, 4) is 11.5 Å². The molecule has 0 bridgehead atoms. The molecular weight excluding hydrogens is 331 g/mol. The number of benzene rings is 1. The molecular formula is C15H19BN2O7. The third-order valence-corrected chi connectivity index (χ3v) is 4.30. The SMILES string of the molecule is N[C@H](CO)C(=O)N1CC(Oc2ccc3c(c2C(=O)O)OB(O)CC3)C1. The maximum absolute atomic E-state index is 11.8. The molecule has 0 aromatic heterocycles. The van der Waals surface area contributed by atoms with Gasteiger partial charge in [0.15, 0.2) is 0 Å². The lowest BCUT2D eigenvalue weighted by atomic mass is 9.78. The number of carbonyl (C=O) groups is 2. The zero-order valence-corrected chi connectivity index (χ0v) is 13.4. The van der Waals surface area contributed by atoms with Crippen LogP contribution in [-0.4, -0.2) is 71.0 Å². The monoisotopic (exact) mass is 350 g/mol. The van der Waals surface area contributed by atoms with Crippen molar-refractivity contribution in [1.29, 1.82) is 0 Å². The number of aryl methyl sites for hydroxylation is 1. The van der Waals surface area contributed by atoms with E-state index in [1.165, 1.54) is 4.90 Å². The Kier molecular flexibility index (Phi) is 4.84. The van der Waals surface area contributed by atoms with Crippen molar-refractivity contribution in [3.05, 3.63) is 23.3 Å². The van der Waals surface area contributed by atoms with Crippen LogP contribution in [0.4, 0.5) is 0 Å². The molecule has 134 valence electrons. The summed E-state index contributed by atoms with van der Waals surface area (Å²) in [6, 6.07) is 2.31. The Morgan fingerprint density at radius 2 is 2.16 bits per heavy atom. The number of likely N-dealkylation sites (tertiary alicyclic amines) is 1. The lowest BCUT2D eigenvalue weighted by Gasteiger charge is -2.40.